The third kappa shape index (κ3) is 5.35. The van der Waals surface area contributed by atoms with E-state index >= 15 is 0 Å². The van der Waals surface area contributed by atoms with Crippen LogP contribution in [0.25, 0.3) is 20.8 Å². The Morgan fingerprint density at radius 3 is 2.58 bits per heavy atom. The lowest BCUT2D eigenvalue weighted by Crippen LogP contribution is -2.21. The van der Waals surface area contributed by atoms with E-state index in [0.717, 1.165) is 20.8 Å². The fraction of sp³-hybridized carbons (Fsp3) is 0.160. The van der Waals surface area contributed by atoms with Crippen LogP contribution in [0.4, 0.5) is 5.69 Å². The molecule has 1 aromatic heterocycles. The first-order valence-electron chi connectivity index (χ1n) is 10.4. The predicted molar refractivity (Wildman–Crippen MR) is 132 cm³/mol. The van der Waals surface area contributed by atoms with Gasteiger partial charge in [-0.1, -0.05) is 25.1 Å². The van der Waals surface area contributed by atoms with Gasteiger partial charge in [0.2, 0.25) is 0 Å². The molecule has 0 saturated heterocycles. The number of nitrogens with zero attached hydrogens (tertiary/aromatic N) is 1. The minimum absolute atomic E-state index is 0.209. The molecule has 0 bridgehead atoms. The molecule has 1 amide bonds. The molecule has 8 heteroatoms. The quantitative estimate of drug-likeness (QED) is 0.369. The molecule has 0 saturated carbocycles. The molecule has 33 heavy (non-hydrogen) atoms. The van der Waals surface area contributed by atoms with E-state index < -0.39 is 29.3 Å². The summed E-state index contributed by atoms with van der Waals surface area (Å²) in [5, 5.41) is 3.62. The normalized spacial score (nSPS) is 11.8. The lowest BCUT2D eigenvalue weighted by atomic mass is 10.2. The number of anilines is 1. The maximum Gasteiger partial charge on any atom is 0.339 e. The Bertz CT molecular complexity index is 1350. The number of carbonyl (C=O) groups is 2. The predicted octanol–water partition coefficient (Wildman–Crippen LogP) is 5.19. The minimum Gasteiger partial charge on any atom is -0.452 e. The van der Waals surface area contributed by atoms with Crippen molar-refractivity contribution >= 4 is 49.9 Å². The molecular weight excluding hydrogens is 456 g/mol. The summed E-state index contributed by atoms with van der Waals surface area (Å²) < 4.78 is 18.4. The first-order chi connectivity index (χ1) is 15.9. The molecular formula is C25H22N2O4S2. The molecule has 1 N–H and O–H groups in total. The second-order valence-electron chi connectivity index (χ2n) is 7.32. The molecule has 0 spiro atoms. The Labute approximate surface area is 198 Å². The van der Waals surface area contributed by atoms with Gasteiger partial charge in [0, 0.05) is 17.0 Å². The molecule has 168 valence electrons. The van der Waals surface area contributed by atoms with Crippen LogP contribution in [-0.2, 0) is 20.3 Å². The molecule has 4 rings (SSSR count). The third-order valence-electron chi connectivity index (χ3n) is 4.91. The molecule has 0 radical (unpaired) electrons. The zero-order valence-electron chi connectivity index (χ0n) is 18.2. The Kier molecular flexibility index (Phi) is 6.96. The minimum atomic E-state index is -1.30. The zero-order chi connectivity index (χ0) is 23.4. The Morgan fingerprint density at radius 2 is 1.82 bits per heavy atom. The van der Waals surface area contributed by atoms with Gasteiger partial charge in [-0.15, -0.1) is 11.3 Å². The van der Waals surface area contributed by atoms with Crippen LogP contribution in [-0.4, -0.2) is 33.4 Å². The van der Waals surface area contributed by atoms with Crippen LogP contribution >= 0.6 is 11.3 Å². The number of nitrogens with one attached hydrogen (secondary N) is 1. The van der Waals surface area contributed by atoms with E-state index in [9.17, 15) is 13.8 Å². The number of rotatable bonds is 7. The number of hydrogen-bond donors (Lipinski definition) is 1. The highest BCUT2D eigenvalue weighted by Gasteiger charge is 2.17. The lowest BCUT2D eigenvalue weighted by Gasteiger charge is -2.09. The van der Waals surface area contributed by atoms with Crippen molar-refractivity contribution in [1.82, 2.24) is 4.98 Å². The van der Waals surface area contributed by atoms with Gasteiger partial charge in [0.25, 0.3) is 5.91 Å². The van der Waals surface area contributed by atoms with Crippen LogP contribution in [0, 0.1) is 6.92 Å². The summed E-state index contributed by atoms with van der Waals surface area (Å²) in [6.45, 7) is 3.39. The highest BCUT2D eigenvalue weighted by atomic mass is 32.2. The number of hydrogen-bond acceptors (Lipinski definition) is 6. The summed E-state index contributed by atoms with van der Waals surface area (Å²) in [6, 6.07) is 20.1. The number of ether oxygens (including phenoxy) is 1. The molecule has 1 atom stereocenters. The van der Waals surface area contributed by atoms with Crippen LogP contribution in [0.15, 0.2) is 71.6 Å². The first-order valence-corrected chi connectivity index (χ1v) is 12.5. The summed E-state index contributed by atoms with van der Waals surface area (Å²) in [4.78, 5) is 29.7. The molecule has 1 heterocycles. The van der Waals surface area contributed by atoms with Crippen molar-refractivity contribution in [3.63, 3.8) is 0 Å². The Hall–Kier alpha value is -3.36. The summed E-state index contributed by atoms with van der Waals surface area (Å²) in [6.07, 6.45) is 0. The fourth-order valence-corrected chi connectivity index (χ4v) is 5.25. The second-order valence-corrected chi connectivity index (χ2v) is 10.1. The number of amides is 1. The van der Waals surface area contributed by atoms with Gasteiger partial charge in [-0.25, -0.2) is 9.78 Å². The summed E-state index contributed by atoms with van der Waals surface area (Å²) in [5.41, 5.74) is 3.91. The van der Waals surface area contributed by atoms with Crippen LogP contribution in [0.2, 0.25) is 0 Å². The molecule has 6 nitrogen and oxygen atoms in total. The monoisotopic (exact) mass is 478 g/mol. The highest BCUT2D eigenvalue weighted by Crippen LogP contribution is 2.31. The van der Waals surface area contributed by atoms with Crippen molar-refractivity contribution in [2.75, 3.05) is 17.7 Å². The maximum atomic E-state index is 12.4. The number of thiazole rings is 1. The molecule has 1 unspecified atom stereocenters. The topological polar surface area (TPSA) is 85.4 Å². The van der Waals surface area contributed by atoms with Crippen molar-refractivity contribution in [3.8, 4) is 10.6 Å². The molecule has 4 aromatic rings. The number of aryl methyl sites for hydroxylation is 1. The van der Waals surface area contributed by atoms with Crippen LogP contribution in [0.5, 0.6) is 0 Å². The number of carbonyl (C=O) groups excluding carboxylic acids is 2. The standard InChI is InChI=1S/C25H22N2O4S2/c1-3-33(30)22-7-5-4-6-19(22)25(29)31-15-23(28)26-18-11-9-17(10-12-18)24-27-20-13-8-16(2)14-21(20)32-24/h4-14H,3,15H2,1-2H3,(H,26,28). The van der Waals surface area contributed by atoms with Crippen molar-refractivity contribution in [3.05, 3.63) is 77.9 Å². The second kappa shape index (κ2) is 10.1. The van der Waals surface area contributed by atoms with Crippen LogP contribution in [0.1, 0.15) is 22.8 Å². The van der Waals surface area contributed by atoms with Gasteiger partial charge in [-0.3, -0.25) is 9.00 Å². The van der Waals surface area contributed by atoms with E-state index in [1.54, 1.807) is 54.7 Å². The van der Waals surface area contributed by atoms with Crippen molar-refractivity contribution in [2.45, 2.75) is 18.7 Å². The van der Waals surface area contributed by atoms with Gasteiger partial charge in [0.15, 0.2) is 6.61 Å². The van der Waals surface area contributed by atoms with Gasteiger partial charge >= 0.3 is 5.97 Å². The van der Waals surface area contributed by atoms with Crippen LogP contribution in [0.3, 0.4) is 0 Å². The van der Waals surface area contributed by atoms with Gasteiger partial charge in [0.05, 0.1) is 31.5 Å². The van der Waals surface area contributed by atoms with Gasteiger partial charge < -0.3 is 10.1 Å². The van der Waals surface area contributed by atoms with Crippen molar-refractivity contribution in [1.29, 1.82) is 0 Å². The maximum absolute atomic E-state index is 12.4. The fourth-order valence-electron chi connectivity index (χ4n) is 3.25. The van der Waals surface area contributed by atoms with E-state index in [-0.39, 0.29) is 5.56 Å². The van der Waals surface area contributed by atoms with Crippen molar-refractivity contribution < 1.29 is 18.5 Å². The van der Waals surface area contributed by atoms with E-state index in [4.69, 9.17) is 4.74 Å². The smallest absolute Gasteiger partial charge is 0.339 e. The summed E-state index contributed by atoms with van der Waals surface area (Å²) in [7, 11) is -1.30. The van der Waals surface area contributed by atoms with E-state index in [2.05, 4.69) is 23.3 Å². The molecule has 0 aliphatic heterocycles. The Morgan fingerprint density at radius 1 is 1.06 bits per heavy atom. The average molecular weight is 479 g/mol. The lowest BCUT2D eigenvalue weighted by molar-refractivity contribution is -0.119. The highest BCUT2D eigenvalue weighted by molar-refractivity contribution is 7.85. The largest absolute Gasteiger partial charge is 0.452 e. The molecule has 0 aliphatic rings. The van der Waals surface area contributed by atoms with Gasteiger partial charge in [-0.2, -0.15) is 0 Å². The number of fused-ring (bicyclic) bond motifs is 1. The first kappa shape index (κ1) is 22.8. The van der Waals surface area contributed by atoms with Gasteiger partial charge in [0.1, 0.15) is 5.01 Å². The molecule has 0 fully saturated rings. The SMILES string of the molecule is CCS(=O)c1ccccc1C(=O)OCC(=O)Nc1ccc(-c2nc3ccc(C)cc3s2)cc1. The third-order valence-corrected chi connectivity index (χ3v) is 7.35. The average Bonchev–Trinajstić information content (AvgIpc) is 3.25. The Balaban J connectivity index is 1.37. The molecule has 0 aliphatic carbocycles. The summed E-state index contributed by atoms with van der Waals surface area (Å²) >= 11 is 1.62. The number of aromatic nitrogens is 1. The van der Waals surface area contributed by atoms with Gasteiger partial charge in [-0.05, 0) is 61.0 Å². The van der Waals surface area contributed by atoms with Crippen LogP contribution < -0.4 is 5.32 Å². The van der Waals surface area contributed by atoms with E-state index in [1.165, 1.54) is 5.56 Å². The molecule has 3 aromatic carbocycles. The van der Waals surface area contributed by atoms with Crippen molar-refractivity contribution in [2.24, 2.45) is 0 Å². The van der Waals surface area contributed by atoms with E-state index in [1.807, 2.05) is 24.3 Å². The number of benzene rings is 3. The zero-order valence-corrected chi connectivity index (χ0v) is 19.8. The summed E-state index contributed by atoms with van der Waals surface area (Å²) in [5.74, 6) is -0.748. The van der Waals surface area contributed by atoms with E-state index in [0.29, 0.717) is 16.3 Å². The number of esters is 1.